The maximum Gasteiger partial charge on any atom is 0.163 e. The number of nitrogens with zero attached hydrogens (tertiary/aromatic N) is 2. The SMILES string of the molecule is CN1CCCN(c2ccc(C=CC(=O)CC(=O)C=Cc3ccc4cc[nH]c4c3)c(Br)c2)CC1. The Labute approximate surface area is 202 Å². The van der Waals surface area contributed by atoms with Crippen LogP contribution in [0.5, 0.6) is 0 Å². The summed E-state index contributed by atoms with van der Waals surface area (Å²) in [7, 11) is 2.16. The molecule has 1 saturated heterocycles. The number of likely N-dealkylation sites (N-methyl/N-ethyl adjacent to an activating group) is 1. The molecule has 2 heterocycles. The molecule has 0 unspecified atom stereocenters. The number of hydrogen-bond acceptors (Lipinski definition) is 4. The lowest BCUT2D eigenvalue weighted by Gasteiger charge is -2.23. The minimum Gasteiger partial charge on any atom is -0.370 e. The van der Waals surface area contributed by atoms with E-state index in [1.807, 2.05) is 36.5 Å². The average molecular weight is 506 g/mol. The summed E-state index contributed by atoms with van der Waals surface area (Å²) in [4.78, 5) is 32.4. The van der Waals surface area contributed by atoms with Gasteiger partial charge in [0.15, 0.2) is 11.6 Å². The van der Waals surface area contributed by atoms with E-state index in [0.717, 1.165) is 59.1 Å². The number of aromatic amines is 1. The minimum atomic E-state index is -0.212. The van der Waals surface area contributed by atoms with Gasteiger partial charge < -0.3 is 14.8 Å². The molecule has 0 aliphatic carbocycles. The van der Waals surface area contributed by atoms with Gasteiger partial charge in [-0.2, -0.15) is 0 Å². The second kappa shape index (κ2) is 10.8. The molecule has 0 radical (unpaired) electrons. The number of allylic oxidation sites excluding steroid dienone is 2. The van der Waals surface area contributed by atoms with Gasteiger partial charge in [0.1, 0.15) is 0 Å². The van der Waals surface area contributed by atoms with E-state index in [2.05, 4.69) is 49.9 Å². The van der Waals surface area contributed by atoms with Crippen LogP contribution in [-0.4, -0.2) is 54.7 Å². The first-order valence-corrected chi connectivity index (χ1v) is 12.0. The van der Waals surface area contributed by atoms with E-state index < -0.39 is 0 Å². The summed E-state index contributed by atoms with van der Waals surface area (Å²) in [6, 6.07) is 14.1. The highest BCUT2D eigenvalue weighted by Gasteiger charge is 2.13. The second-order valence-corrected chi connectivity index (χ2v) is 9.30. The van der Waals surface area contributed by atoms with E-state index in [1.165, 1.54) is 17.8 Å². The first kappa shape index (κ1) is 23.2. The minimum absolute atomic E-state index is 0.144. The molecular formula is C27H28BrN3O2. The van der Waals surface area contributed by atoms with Crippen molar-refractivity contribution in [3.05, 3.63) is 76.4 Å². The van der Waals surface area contributed by atoms with E-state index in [4.69, 9.17) is 0 Å². The fourth-order valence-electron chi connectivity index (χ4n) is 3.98. The molecule has 0 saturated carbocycles. The van der Waals surface area contributed by atoms with Gasteiger partial charge in [-0.05, 0) is 72.9 Å². The molecule has 1 aliphatic rings. The van der Waals surface area contributed by atoms with Crippen LogP contribution in [0.4, 0.5) is 5.69 Å². The Bertz CT molecular complexity index is 1210. The fraction of sp³-hybridized carbons (Fsp3) is 0.259. The third-order valence-electron chi connectivity index (χ3n) is 5.91. The number of rotatable bonds is 7. The van der Waals surface area contributed by atoms with Crippen molar-refractivity contribution in [3.63, 3.8) is 0 Å². The zero-order chi connectivity index (χ0) is 23.2. The zero-order valence-electron chi connectivity index (χ0n) is 18.8. The lowest BCUT2D eigenvalue weighted by atomic mass is 10.1. The van der Waals surface area contributed by atoms with Crippen molar-refractivity contribution in [1.29, 1.82) is 0 Å². The van der Waals surface area contributed by atoms with E-state index in [9.17, 15) is 9.59 Å². The summed E-state index contributed by atoms with van der Waals surface area (Å²) in [5, 5.41) is 1.12. The summed E-state index contributed by atoms with van der Waals surface area (Å²) in [6.07, 6.45) is 9.35. The molecule has 0 bridgehead atoms. The molecule has 1 fully saturated rings. The average Bonchev–Trinajstić information content (AvgIpc) is 3.16. The smallest absolute Gasteiger partial charge is 0.163 e. The van der Waals surface area contributed by atoms with Crippen LogP contribution in [-0.2, 0) is 9.59 Å². The maximum atomic E-state index is 12.3. The lowest BCUT2D eigenvalue weighted by Crippen LogP contribution is -2.28. The number of halogens is 1. The number of H-pyrrole nitrogens is 1. The molecule has 0 spiro atoms. The molecule has 3 aromatic rings. The van der Waals surface area contributed by atoms with Gasteiger partial charge in [-0.3, -0.25) is 9.59 Å². The Kier molecular flexibility index (Phi) is 7.57. The Morgan fingerprint density at radius 2 is 1.79 bits per heavy atom. The Balaban J connectivity index is 1.33. The van der Waals surface area contributed by atoms with Crippen LogP contribution in [0.15, 0.2) is 65.3 Å². The first-order valence-electron chi connectivity index (χ1n) is 11.2. The predicted molar refractivity (Wildman–Crippen MR) is 139 cm³/mol. The molecule has 5 nitrogen and oxygen atoms in total. The van der Waals surface area contributed by atoms with E-state index in [0.29, 0.717) is 0 Å². The fourth-order valence-corrected chi connectivity index (χ4v) is 4.48. The van der Waals surface area contributed by atoms with Crippen LogP contribution in [0.3, 0.4) is 0 Å². The van der Waals surface area contributed by atoms with E-state index in [1.54, 1.807) is 12.2 Å². The molecular weight excluding hydrogens is 478 g/mol. The largest absolute Gasteiger partial charge is 0.370 e. The number of fused-ring (bicyclic) bond motifs is 1. The highest BCUT2D eigenvalue weighted by atomic mass is 79.9. The first-order chi connectivity index (χ1) is 16.0. The van der Waals surface area contributed by atoms with Crippen molar-refractivity contribution in [2.45, 2.75) is 12.8 Å². The number of carbonyl (C=O) groups is 2. The summed E-state index contributed by atoms with van der Waals surface area (Å²) in [5.74, 6) is -0.423. The van der Waals surface area contributed by atoms with Crippen LogP contribution >= 0.6 is 15.9 Å². The topological polar surface area (TPSA) is 56.4 Å². The predicted octanol–water partition coefficient (Wildman–Crippen LogP) is 5.33. The number of ketones is 2. The van der Waals surface area contributed by atoms with E-state index >= 15 is 0 Å². The highest BCUT2D eigenvalue weighted by molar-refractivity contribution is 9.10. The highest BCUT2D eigenvalue weighted by Crippen LogP contribution is 2.26. The van der Waals surface area contributed by atoms with Crippen molar-refractivity contribution in [2.24, 2.45) is 0 Å². The Morgan fingerprint density at radius 3 is 2.61 bits per heavy atom. The number of hydrogen-bond donors (Lipinski definition) is 1. The van der Waals surface area contributed by atoms with Crippen LogP contribution in [0.2, 0.25) is 0 Å². The van der Waals surface area contributed by atoms with E-state index in [-0.39, 0.29) is 18.0 Å². The van der Waals surface area contributed by atoms with Crippen molar-refractivity contribution >= 4 is 56.2 Å². The summed E-state index contributed by atoms with van der Waals surface area (Å²) < 4.78 is 0.938. The van der Waals surface area contributed by atoms with Gasteiger partial charge in [-0.1, -0.05) is 46.3 Å². The van der Waals surface area contributed by atoms with Gasteiger partial charge in [0, 0.05) is 41.5 Å². The molecule has 33 heavy (non-hydrogen) atoms. The van der Waals surface area contributed by atoms with Crippen LogP contribution in [0.1, 0.15) is 24.0 Å². The number of nitrogens with one attached hydrogen (secondary N) is 1. The van der Waals surface area contributed by atoms with Crippen molar-refractivity contribution in [3.8, 4) is 0 Å². The molecule has 1 aliphatic heterocycles. The van der Waals surface area contributed by atoms with Crippen molar-refractivity contribution in [2.75, 3.05) is 38.1 Å². The van der Waals surface area contributed by atoms with Crippen LogP contribution in [0.25, 0.3) is 23.1 Å². The quantitative estimate of drug-likeness (QED) is 0.348. The van der Waals surface area contributed by atoms with Crippen molar-refractivity contribution < 1.29 is 9.59 Å². The van der Waals surface area contributed by atoms with Gasteiger partial charge in [-0.25, -0.2) is 0 Å². The van der Waals surface area contributed by atoms with Crippen LogP contribution < -0.4 is 4.90 Å². The van der Waals surface area contributed by atoms with Gasteiger partial charge in [0.2, 0.25) is 0 Å². The van der Waals surface area contributed by atoms with Gasteiger partial charge in [0.25, 0.3) is 0 Å². The zero-order valence-corrected chi connectivity index (χ0v) is 20.3. The van der Waals surface area contributed by atoms with Gasteiger partial charge in [0.05, 0.1) is 6.42 Å². The summed E-state index contributed by atoms with van der Waals surface area (Å²) in [5.41, 5.74) is 4.03. The molecule has 4 rings (SSSR count). The van der Waals surface area contributed by atoms with Crippen LogP contribution in [0, 0.1) is 0 Å². The monoisotopic (exact) mass is 505 g/mol. The van der Waals surface area contributed by atoms with Crippen molar-refractivity contribution in [1.82, 2.24) is 9.88 Å². The number of carbonyl (C=O) groups excluding carboxylic acids is 2. The summed E-state index contributed by atoms with van der Waals surface area (Å²) in [6.45, 7) is 4.22. The number of anilines is 1. The molecule has 0 atom stereocenters. The summed E-state index contributed by atoms with van der Waals surface area (Å²) >= 11 is 3.63. The molecule has 1 aromatic heterocycles. The normalized spacial score (nSPS) is 15.5. The number of aromatic nitrogens is 1. The molecule has 1 N–H and O–H groups in total. The van der Waals surface area contributed by atoms with Gasteiger partial charge in [-0.15, -0.1) is 0 Å². The molecule has 0 amide bonds. The third kappa shape index (κ3) is 6.30. The lowest BCUT2D eigenvalue weighted by molar-refractivity contribution is -0.121. The number of benzene rings is 2. The standard InChI is InChI=1S/C27H28BrN3O2/c1-30-13-2-14-31(16-15-30)23-8-6-21(26(28)18-23)7-10-25(33)19-24(32)9-4-20-3-5-22-11-12-29-27(22)17-20/h3-12,17-18,29H,2,13-16,19H2,1H3. The molecule has 2 aromatic carbocycles. The second-order valence-electron chi connectivity index (χ2n) is 8.45. The Hall–Kier alpha value is -2.96. The maximum absolute atomic E-state index is 12.3. The third-order valence-corrected chi connectivity index (χ3v) is 6.59. The molecule has 170 valence electrons. The van der Waals surface area contributed by atoms with Gasteiger partial charge >= 0.3 is 0 Å². The molecule has 6 heteroatoms. The Morgan fingerprint density at radius 1 is 0.970 bits per heavy atom.